The van der Waals surface area contributed by atoms with E-state index >= 15 is 0 Å². The van der Waals surface area contributed by atoms with Gasteiger partial charge in [-0.3, -0.25) is 0 Å². The Bertz CT molecular complexity index is 873. The minimum absolute atomic E-state index is 0.0104. The van der Waals surface area contributed by atoms with Crippen LogP contribution in [0, 0.1) is 0 Å². The fraction of sp³-hybridized carbons (Fsp3) is 0.273. The Morgan fingerprint density at radius 3 is 2.52 bits per heavy atom. The number of benzene rings is 2. The number of phenols is 1. The second kappa shape index (κ2) is 9.54. The van der Waals surface area contributed by atoms with Crippen LogP contribution in [0.3, 0.4) is 0 Å². The third-order valence-electron chi connectivity index (χ3n) is 4.30. The third-order valence-corrected chi connectivity index (χ3v) is 6.34. The molecule has 0 saturated heterocycles. The van der Waals surface area contributed by atoms with E-state index in [-0.39, 0.29) is 26.2 Å². The first-order chi connectivity index (χ1) is 13.2. The Hall–Kier alpha value is -2.36. The van der Waals surface area contributed by atoms with Gasteiger partial charge in [-0.05, 0) is 0 Å². The van der Waals surface area contributed by atoms with Gasteiger partial charge in [0.2, 0.25) is 0 Å². The van der Waals surface area contributed by atoms with E-state index in [0.29, 0.717) is 6.42 Å². The first kappa shape index (κ1) is 19.4. The number of aromatic nitrogens is 1. The number of nitrogens with one attached hydrogen (secondary N) is 1. The van der Waals surface area contributed by atoms with Gasteiger partial charge in [-0.1, -0.05) is 0 Å². The predicted octanol–water partition coefficient (Wildman–Crippen LogP) is 4.62. The Kier molecular flexibility index (Phi) is 6.85. The number of carbonyl (C=O) groups is 1. The molecule has 2 aromatic carbocycles. The zero-order valence-electron chi connectivity index (χ0n) is 15.4. The minimum atomic E-state index is -0.0104. The van der Waals surface area contributed by atoms with Crippen molar-refractivity contribution in [2.24, 2.45) is 0 Å². The van der Waals surface area contributed by atoms with E-state index in [1.54, 1.807) is 12.1 Å². The second-order valence-electron chi connectivity index (χ2n) is 6.51. The van der Waals surface area contributed by atoms with Crippen molar-refractivity contribution >= 4 is 25.1 Å². The predicted molar refractivity (Wildman–Crippen MR) is 110 cm³/mol. The van der Waals surface area contributed by atoms with Crippen LogP contribution in [-0.4, -0.2) is 30.5 Å². The summed E-state index contributed by atoms with van der Waals surface area (Å²) in [5.74, 6) is 0.288. The SMILES string of the molecule is CCCCCC(=O)Nc1nc(-c2ccc(O)cc2)c(Cc2ccccc2)[se]1. The summed E-state index contributed by atoms with van der Waals surface area (Å²) >= 11 is -0.0104. The molecule has 0 unspecified atom stereocenters. The number of anilines is 1. The van der Waals surface area contributed by atoms with E-state index in [0.717, 1.165) is 41.6 Å². The van der Waals surface area contributed by atoms with Gasteiger partial charge in [0.15, 0.2) is 0 Å². The van der Waals surface area contributed by atoms with Gasteiger partial charge in [0.05, 0.1) is 0 Å². The van der Waals surface area contributed by atoms with Crippen molar-refractivity contribution in [3.63, 3.8) is 0 Å². The number of phenolic OH excluding ortho intramolecular Hbond substituents is 1. The van der Waals surface area contributed by atoms with Crippen molar-refractivity contribution in [2.75, 3.05) is 5.32 Å². The first-order valence-electron chi connectivity index (χ1n) is 9.28. The fourth-order valence-electron chi connectivity index (χ4n) is 2.87. The standard InChI is InChI=1S/C22H24N2O2Se/c1-2-3-5-10-20(26)23-22-24-21(17-11-13-18(25)14-12-17)19(27-22)15-16-8-6-4-7-9-16/h4,6-9,11-14,25H,2-3,5,10,15H2,1H3,(H,23,24,26). The number of aromatic hydroxyl groups is 1. The van der Waals surface area contributed by atoms with Crippen LogP contribution >= 0.6 is 0 Å². The van der Waals surface area contributed by atoms with Gasteiger partial charge in [0.25, 0.3) is 0 Å². The maximum absolute atomic E-state index is 12.2. The molecule has 0 aliphatic carbocycles. The van der Waals surface area contributed by atoms with Gasteiger partial charge in [-0.15, -0.1) is 0 Å². The summed E-state index contributed by atoms with van der Waals surface area (Å²) in [6.45, 7) is 2.13. The molecule has 0 aliphatic rings. The number of rotatable bonds is 8. The van der Waals surface area contributed by atoms with Crippen LogP contribution in [-0.2, 0) is 11.2 Å². The number of carbonyl (C=O) groups excluding carboxylic acids is 1. The molecule has 2 N–H and O–H groups in total. The first-order valence-corrected chi connectivity index (χ1v) is 11.0. The number of amides is 1. The Morgan fingerprint density at radius 2 is 1.81 bits per heavy atom. The monoisotopic (exact) mass is 428 g/mol. The quantitative estimate of drug-likeness (QED) is 0.407. The van der Waals surface area contributed by atoms with Crippen molar-refractivity contribution in [1.29, 1.82) is 0 Å². The van der Waals surface area contributed by atoms with Gasteiger partial charge >= 0.3 is 166 Å². The van der Waals surface area contributed by atoms with Crippen molar-refractivity contribution in [1.82, 2.24) is 4.98 Å². The molecule has 5 heteroatoms. The average molecular weight is 427 g/mol. The van der Waals surface area contributed by atoms with Gasteiger partial charge in [0, 0.05) is 0 Å². The number of hydrogen-bond acceptors (Lipinski definition) is 3. The third kappa shape index (κ3) is 5.56. The van der Waals surface area contributed by atoms with Crippen molar-refractivity contribution in [3.05, 3.63) is 64.6 Å². The van der Waals surface area contributed by atoms with Gasteiger partial charge in [-0.25, -0.2) is 0 Å². The number of unbranched alkanes of at least 4 members (excludes halogenated alkanes) is 2. The van der Waals surface area contributed by atoms with Gasteiger partial charge < -0.3 is 0 Å². The van der Waals surface area contributed by atoms with Crippen LogP contribution < -0.4 is 5.32 Å². The molecule has 3 rings (SSSR count). The van der Waals surface area contributed by atoms with E-state index in [1.165, 1.54) is 10.0 Å². The average Bonchev–Trinajstić information content (AvgIpc) is 3.05. The molecule has 0 aliphatic heterocycles. The topological polar surface area (TPSA) is 62.2 Å². The van der Waals surface area contributed by atoms with Crippen LogP contribution in [0.4, 0.5) is 4.69 Å². The number of hydrogen-bond donors (Lipinski definition) is 2. The van der Waals surface area contributed by atoms with Crippen LogP contribution in [0.15, 0.2) is 54.6 Å². The summed E-state index contributed by atoms with van der Waals surface area (Å²) in [6.07, 6.45) is 4.45. The summed E-state index contributed by atoms with van der Waals surface area (Å²) in [7, 11) is 0. The molecule has 3 aromatic rings. The molecule has 1 aromatic heterocycles. The summed E-state index contributed by atoms with van der Waals surface area (Å²) in [5, 5.41) is 12.6. The normalized spacial score (nSPS) is 10.7. The van der Waals surface area contributed by atoms with Crippen LogP contribution in [0.25, 0.3) is 11.3 Å². The number of nitrogens with zero attached hydrogens (tertiary/aromatic N) is 1. The Morgan fingerprint density at radius 1 is 1.07 bits per heavy atom. The molecule has 1 amide bonds. The molecule has 0 bridgehead atoms. The van der Waals surface area contributed by atoms with Gasteiger partial charge in [-0.2, -0.15) is 0 Å². The molecule has 1 heterocycles. The van der Waals surface area contributed by atoms with Crippen LogP contribution in [0.1, 0.15) is 42.6 Å². The van der Waals surface area contributed by atoms with Crippen LogP contribution in [0.5, 0.6) is 5.75 Å². The van der Waals surface area contributed by atoms with Crippen molar-refractivity contribution in [2.45, 2.75) is 39.0 Å². The molecule has 27 heavy (non-hydrogen) atoms. The Labute approximate surface area is 166 Å². The molecule has 0 radical (unpaired) electrons. The molecule has 0 atom stereocenters. The molecule has 140 valence electrons. The van der Waals surface area contributed by atoms with Crippen molar-refractivity contribution in [3.8, 4) is 17.0 Å². The van der Waals surface area contributed by atoms with Gasteiger partial charge in [0.1, 0.15) is 0 Å². The molecule has 0 spiro atoms. The van der Waals surface area contributed by atoms with E-state index in [9.17, 15) is 9.90 Å². The summed E-state index contributed by atoms with van der Waals surface area (Å²) in [4.78, 5) is 16.9. The van der Waals surface area contributed by atoms with E-state index in [4.69, 9.17) is 4.98 Å². The summed E-state index contributed by atoms with van der Waals surface area (Å²) < 4.78 is 2.02. The summed E-state index contributed by atoms with van der Waals surface area (Å²) in [6, 6.07) is 17.4. The van der Waals surface area contributed by atoms with E-state index < -0.39 is 0 Å². The second-order valence-corrected chi connectivity index (χ2v) is 8.78. The molecule has 0 fully saturated rings. The molecule has 0 saturated carbocycles. The molecular weight excluding hydrogens is 403 g/mol. The Balaban J connectivity index is 1.84. The van der Waals surface area contributed by atoms with E-state index in [1.807, 2.05) is 30.3 Å². The zero-order chi connectivity index (χ0) is 19.1. The maximum atomic E-state index is 12.2. The molecule has 4 nitrogen and oxygen atoms in total. The van der Waals surface area contributed by atoms with Crippen LogP contribution in [0.2, 0.25) is 0 Å². The molecular formula is C22H24N2O2Se. The fourth-order valence-corrected chi connectivity index (χ4v) is 5.04. The van der Waals surface area contributed by atoms with E-state index in [2.05, 4.69) is 24.4 Å². The van der Waals surface area contributed by atoms with Crippen molar-refractivity contribution < 1.29 is 9.90 Å². The summed E-state index contributed by atoms with van der Waals surface area (Å²) in [5.41, 5.74) is 3.12. The zero-order valence-corrected chi connectivity index (χ0v) is 17.2.